The Hall–Kier alpha value is -3.00. The molecule has 3 aromatic rings. The molecule has 1 aliphatic heterocycles. The first kappa shape index (κ1) is 19.3. The molecule has 150 valence electrons. The minimum absolute atomic E-state index is 0.0718. The van der Waals surface area contributed by atoms with Gasteiger partial charge in [-0.1, -0.05) is 12.1 Å². The molecule has 0 spiro atoms. The van der Waals surface area contributed by atoms with Crippen molar-refractivity contribution in [1.29, 1.82) is 0 Å². The van der Waals surface area contributed by atoms with Crippen LogP contribution in [-0.4, -0.2) is 40.3 Å². The Bertz CT molecular complexity index is 1030. The molecule has 1 aromatic heterocycles. The highest BCUT2D eigenvalue weighted by Gasteiger charge is 2.28. The standard InChI is InChI=1S/C21H22N4O3S/c1-2-22-16-10-9-14(12-18(16)25(27)28)21(26)24-11-5-6-15(13-24)20-23-17-7-3-4-8-19(17)29-20/h3-4,7-10,12,15,22H,2,5-6,11,13H2,1H3/t15-/m0/s1. The molecule has 1 saturated heterocycles. The number of rotatable bonds is 5. The summed E-state index contributed by atoms with van der Waals surface area (Å²) in [5, 5.41) is 15.4. The van der Waals surface area contributed by atoms with Crippen LogP contribution in [0.5, 0.6) is 0 Å². The van der Waals surface area contributed by atoms with E-state index in [4.69, 9.17) is 4.98 Å². The van der Waals surface area contributed by atoms with Gasteiger partial charge in [-0.05, 0) is 44.0 Å². The quantitative estimate of drug-likeness (QED) is 0.488. The number of fused-ring (bicyclic) bond motifs is 1. The minimum Gasteiger partial charge on any atom is -0.380 e. The number of likely N-dealkylation sites (tertiary alicyclic amines) is 1. The third-order valence-corrected chi connectivity index (χ3v) is 6.38. The Morgan fingerprint density at radius 3 is 2.93 bits per heavy atom. The number of carbonyl (C=O) groups excluding carboxylic acids is 1. The zero-order chi connectivity index (χ0) is 20.4. The minimum atomic E-state index is -0.450. The molecule has 2 heterocycles. The lowest BCUT2D eigenvalue weighted by Gasteiger charge is -2.32. The van der Waals surface area contributed by atoms with Crippen LogP contribution in [0.2, 0.25) is 0 Å². The summed E-state index contributed by atoms with van der Waals surface area (Å²) in [6.07, 6.45) is 1.88. The van der Waals surface area contributed by atoms with E-state index in [2.05, 4.69) is 11.4 Å². The SMILES string of the molecule is CCNc1ccc(C(=O)N2CCC[C@H](c3nc4ccccc4s3)C2)cc1[N+](=O)[O-]. The number of para-hydroxylation sites is 1. The highest BCUT2D eigenvalue weighted by Crippen LogP contribution is 2.34. The smallest absolute Gasteiger partial charge is 0.293 e. The van der Waals surface area contributed by atoms with Crippen LogP contribution < -0.4 is 5.32 Å². The van der Waals surface area contributed by atoms with Gasteiger partial charge in [0.25, 0.3) is 11.6 Å². The Labute approximate surface area is 172 Å². The van der Waals surface area contributed by atoms with E-state index in [-0.39, 0.29) is 17.5 Å². The Morgan fingerprint density at radius 2 is 2.17 bits per heavy atom. The monoisotopic (exact) mass is 410 g/mol. The number of nitrogens with one attached hydrogen (secondary N) is 1. The second-order valence-corrected chi connectivity index (χ2v) is 8.19. The number of piperidine rings is 1. The summed E-state index contributed by atoms with van der Waals surface area (Å²) in [6.45, 7) is 3.69. The van der Waals surface area contributed by atoms with Gasteiger partial charge >= 0.3 is 0 Å². The Morgan fingerprint density at radius 1 is 1.34 bits per heavy atom. The van der Waals surface area contributed by atoms with Crippen molar-refractivity contribution in [2.24, 2.45) is 0 Å². The maximum atomic E-state index is 13.1. The van der Waals surface area contributed by atoms with Crippen LogP contribution in [-0.2, 0) is 0 Å². The zero-order valence-electron chi connectivity index (χ0n) is 16.1. The fourth-order valence-corrected chi connectivity index (χ4v) is 4.86. The van der Waals surface area contributed by atoms with Gasteiger partial charge in [-0.3, -0.25) is 14.9 Å². The number of carbonyl (C=O) groups is 1. The van der Waals surface area contributed by atoms with Crippen molar-refractivity contribution in [3.63, 3.8) is 0 Å². The van der Waals surface area contributed by atoms with Crippen LogP contribution in [0.4, 0.5) is 11.4 Å². The molecule has 0 bridgehead atoms. The summed E-state index contributed by atoms with van der Waals surface area (Å²) in [4.78, 5) is 30.6. The third-order valence-electron chi connectivity index (χ3n) is 5.18. The van der Waals surface area contributed by atoms with Gasteiger partial charge in [0, 0.05) is 37.2 Å². The van der Waals surface area contributed by atoms with E-state index >= 15 is 0 Å². The maximum absolute atomic E-state index is 13.1. The fraction of sp³-hybridized carbons (Fsp3) is 0.333. The molecular formula is C21H22N4O3S. The van der Waals surface area contributed by atoms with Crippen molar-refractivity contribution >= 4 is 38.8 Å². The van der Waals surface area contributed by atoms with Gasteiger partial charge in [-0.15, -0.1) is 11.3 Å². The number of hydrogen-bond acceptors (Lipinski definition) is 6. The normalized spacial score (nSPS) is 16.7. The molecule has 29 heavy (non-hydrogen) atoms. The van der Waals surface area contributed by atoms with E-state index in [1.807, 2.05) is 25.1 Å². The van der Waals surface area contributed by atoms with E-state index in [9.17, 15) is 14.9 Å². The lowest BCUT2D eigenvalue weighted by molar-refractivity contribution is -0.384. The van der Waals surface area contributed by atoms with Gasteiger partial charge in [0.1, 0.15) is 5.69 Å². The first-order valence-electron chi connectivity index (χ1n) is 9.74. The average Bonchev–Trinajstić information content (AvgIpc) is 3.18. The molecule has 1 fully saturated rings. The molecule has 0 radical (unpaired) electrons. The number of thiazole rings is 1. The van der Waals surface area contributed by atoms with Crippen molar-refractivity contribution in [1.82, 2.24) is 9.88 Å². The van der Waals surface area contributed by atoms with E-state index in [1.165, 1.54) is 6.07 Å². The third kappa shape index (κ3) is 3.93. The summed E-state index contributed by atoms with van der Waals surface area (Å²) in [5.41, 5.74) is 1.70. The highest BCUT2D eigenvalue weighted by atomic mass is 32.1. The summed E-state index contributed by atoms with van der Waals surface area (Å²) in [6, 6.07) is 12.7. The second-order valence-electron chi connectivity index (χ2n) is 7.13. The van der Waals surface area contributed by atoms with Crippen LogP contribution in [0.3, 0.4) is 0 Å². The summed E-state index contributed by atoms with van der Waals surface area (Å²) < 4.78 is 1.15. The van der Waals surface area contributed by atoms with Crippen LogP contribution >= 0.6 is 11.3 Å². The van der Waals surface area contributed by atoms with Gasteiger partial charge in [-0.25, -0.2) is 4.98 Å². The number of benzene rings is 2. The molecule has 0 unspecified atom stereocenters. The number of nitro groups is 1. The molecule has 0 saturated carbocycles. The molecule has 2 aromatic carbocycles. The molecule has 1 aliphatic rings. The Balaban J connectivity index is 1.55. The van der Waals surface area contributed by atoms with Crippen LogP contribution in [0, 0.1) is 10.1 Å². The number of hydrogen-bond donors (Lipinski definition) is 1. The molecular weight excluding hydrogens is 388 g/mol. The number of anilines is 1. The van der Waals surface area contributed by atoms with Gasteiger partial charge in [0.15, 0.2) is 0 Å². The van der Waals surface area contributed by atoms with Crippen LogP contribution in [0.25, 0.3) is 10.2 Å². The molecule has 7 nitrogen and oxygen atoms in total. The lowest BCUT2D eigenvalue weighted by atomic mass is 9.98. The summed E-state index contributed by atoms with van der Waals surface area (Å²) in [7, 11) is 0. The molecule has 8 heteroatoms. The number of amides is 1. The van der Waals surface area contributed by atoms with E-state index in [0.717, 1.165) is 28.1 Å². The molecule has 1 N–H and O–H groups in total. The Kier molecular flexibility index (Phi) is 5.44. The van der Waals surface area contributed by atoms with Crippen LogP contribution in [0.15, 0.2) is 42.5 Å². The summed E-state index contributed by atoms with van der Waals surface area (Å²) >= 11 is 1.68. The first-order valence-corrected chi connectivity index (χ1v) is 10.6. The topological polar surface area (TPSA) is 88.4 Å². The van der Waals surface area contributed by atoms with Gasteiger partial charge in [0.2, 0.25) is 0 Å². The highest BCUT2D eigenvalue weighted by molar-refractivity contribution is 7.18. The zero-order valence-corrected chi connectivity index (χ0v) is 16.9. The van der Waals surface area contributed by atoms with Crippen molar-refractivity contribution < 1.29 is 9.72 Å². The summed E-state index contributed by atoms with van der Waals surface area (Å²) in [5.74, 6) is 0.0306. The largest absolute Gasteiger partial charge is 0.380 e. The van der Waals surface area contributed by atoms with Gasteiger partial charge < -0.3 is 10.2 Å². The number of nitrogens with zero attached hydrogens (tertiary/aromatic N) is 3. The van der Waals surface area contributed by atoms with E-state index in [1.54, 1.807) is 28.4 Å². The average molecular weight is 410 g/mol. The molecule has 4 rings (SSSR count). The predicted octanol–water partition coefficient (Wildman–Crippen LogP) is 4.66. The van der Waals surface area contributed by atoms with Gasteiger partial charge in [0.05, 0.1) is 20.1 Å². The van der Waals surface area contributed by atoms with Gasteiger partial charge in [-0.2, -0.15) is 0 Å². The van der Waals surface area contributed by atoms with E-state index in [0.29, 0.717) is 30.9 Å². The molecule has 1 amide bonds. The lowest BCUT2D eigenvalue weighted by Crippen LogP contribution is -2.39. The van der Waals surface area contributed by atoms with Crippen molar-refractivity contribution in [3.05, 3.63) is 63.1 Å². The maximum Gasteiger partial charge on any atom is 0.293 e. The number of nitro benzene ring substituents is 1. The molecule has 1 atom stereocenters. The second kappa shape index (κ2) is 8.16. The van der Waals surface area contributed by atoms with Crippen molar-refractivity contribution in [3.8, 4) is 0 Å². The van der Waals surface area contributed by atoms with Crippen molar-refractivity contribution in [2.45, 2.75) is 25.7 Å². The van der Waals surface area contributed by atoms with Crippen LogP contribution in [0.1, 0.15) is 41.0 Å². The van der Waals surface area contributed by atoms with E-state index < -0.39 is 4.92 Å². The van der Waals surface area contributed by atoms with Crippen molar-refractivity contribution in [2.75, 3.05) is 25.0 Å². The first-order chi connectivity index (χ1) is 14.1. The predicted molar refractivity (Wildman–Crippen MR) is 115 cm³/mol. The molecule has 0 aliphatic carbocycles. The number of aromatic nitrogens is 1. The fourth-order valence-electron chi connectivity index (χ4n) is 3.77.